The minimum absolute atomic E-state index is 0.234. The van der Waals surface area contributed by atoms with Crippen LogP contribution < -0.4 is 10.5 Å². The summed E-state index contributed by atoms with van der Waals surface area (Å²) >= 11 is 0. The molecule has 0 heterocycles. The molecule has 2 rings (SSSR count). The van der Waals surface area contributed by atoms with Crippen LogP contribution in [0.1, 0.15) is 45.6 Å². The molecule has 2 atom stereocenters. The summed E-state index contributed by atoms with van der Waals surface area (Å²) in [5.74, 6) is 0.598. The number of halogens is 1. The molecule has 0 spiro atoms. The summed E-state index contributed by atoms with van der Waals surface area (Å²) in [7, 11) is 1.48. The Bertz CT molecular complexity index is 486. The van der Waals surface area contributed by atoms with Crippen molar-refractivity contribution in [1.82, 2.24) is 0 Å². The minimum atomic E-state index is -0.309. The Hall–Kier alpha value is -1.09. The molecule has 1 aliphatic carbocycles. The zero-order chi connectivity index (χ0) is 15.0. The van der Waals surface area contributed by atoms with Crippen molar-refractivity contribution in [2.45, 2.75) is 52.0 Å². The number of benzene rings is 1. The fraction of sp³-hybridized carbons (Fsp3) is 0.647. The molecule has 0 radical (unpaired) electrons. The van der Waals surface area contributed by atoms with E-state index in [1.54, 1.807) is 12.1 Å². The van der Waals surface area contributed by atoms with Crippen molar-refractivity contribution >= 4 is 0 Å². The second-order valence-corrected chi connectivity index (χ2v) is 7.36. The van der Waals surface area contributed by atoms with E-state index in [1.807, 2.05) is 6.07 Å². The topological polar surface area (TPSA) is 35.2 Å². The van der Waals surface area contributed by atoms with Crippen LogP contribution >= 0.6 is 0 Å². The highest BCUT2D eigenvalue weighted by Gasteiger charge is 2.40. The van der Waals surface area contributed by atoms with E-state index in [4.69, 9.17) is 10.5 Å². The van der Waals surface area contributed by atoms with Gasteiger partial charge < -0.3 is 10.5 Å². The van der Waals surface area contributed by atoms with Crippen LogP contribution in [0.4, 0.5) is 4.39 Å². The third kappa shape index (κ3) is 3.51. The van der Waals surface area contributed by atoms with Crippen molar-refractivity contribution < 1.29 is 9.13 Å². The minimum Gasteiger partial charge on any atom is -0.494 e. The Balaban J connectivity index is 2.17. The van der Waals surface area contributed by atoms with Crippen LogP contribution in [0.2, 0.25) is 0 Å². The first-order valence-corrected chi connectivity index (χ1v) is 7.34. The molecule has 3 heteroatoms. The van der Waals surface area contributed by atoms with Crippen LogP contribution in [0, 0.1) is 17.2 Å². The van der Waals surface area contributed by atoms with E-state index in [-0.39, 0.29) is 22.5 Å². The number of ether oxygens (including phenoxy) is 1. The van der Waals surface area contributed by atoms with Crippen LogP contribution in [-0.4, -0.2) is 12.6 Å². The lowest BCUT2D eigenvalue weighted by Crippen LogP contribution is -2.50. The van der Waals surface area contributed by atoms with Gasteiger partial charge in [0.15, 0.2) is 11.6 Å². The third-order valence-electron chi connectivity index (χ3n) is 4.26. The summed E-state index contributed by atoms with van der Waals surface area (Å²) < 4.78 is 18.8. The molecule has 2 nitrogen and oxygen atoms in total. The zero-order valence-corrected chi connectivity index (χ0v) is 13.0. The van der Waals surface area contributed by atoms with E-state index in [1.165, 1.54) is 13.5 Å². The first-order valence-electron chi connectivity index (χ1n) is 7.34. The first kappa shape index (κ1) is 15.3. The summed E-state index contributed by atoms with van der Waals surface area (Å²) in [4.78, 5) is 0. The molecular weight excluding hydrogens is 253 g/mol. The fourth-order valence-corrected chi connectivity index (χ4v) is 4.17. The molecule has 112 valence electrons. The standard InChI is InChI=1S/C17H26FNO/c1-12-8-16(2,3)11-17(19,9-12)10-13-5-6-15(20-4)14(18)7-13/h5-7,12H,8-11,19H2,1-4H3. The summed E-state index contributed by atoms with van der Waals surface area (Å²) in [6.07, 6.45) is 3.92. The van der Waals surface area contributed by atoms with Gasteiger partial charge in [-0.15, -0.1) is 0 Å². The van der Waals surface area contributed by atoms with Gasteiger partial charge in [0, 0.05) is 5.54 Å². The SMILES string of the molecule is COc1ccc(CC2(N)CC(C)CC(C)(C)C2)cc1F. The molecule has 0 amide bonds. The molecule has 2 unspecified atom stereocenters. The van der Waals surface area contributed by atoms with Crippen LogP contribution in [0.5, 0.6) is 5.75 Å². The van der Waals surface area contributed by atoms with E-state index in [9.17, 15) is 4.39 Å². The van der Waals surface area contributed by atoms with Gasteiger partial charge >= 0.3 is 0 Å². The average molecular weight is 279 g/mol. The maximum atomic E-state index is 13.8. The zero-order valence-electron chi connectivity index (χ0n) is 13.0. The molecule has 1 aromatic carbocycles. The molecule has 0 aliphatic heterocycles. The Labute approximate surface area is 121 Å². The van der Waals surface area contributed by atoms with Crippen LogP contribution in [0.3, 0.4) is 0 Å². The van der Waals surface area contributed by atoms with Crippen molar-refractivity contribution in [2.75, 3.05) is 7.11 Å². The lowest BCUT2D eigenvalue weighted by Gasteiger charge is -2.46. The predicted molar refractivity (Wildman–Crippen MR) is 80.4 cm³/mol. The van der Waals surface area contributed by atoms with Crippen molar-refractivity contribution in [3.05, 3.63) is 29.6 Å². The summed E-state index contributed by atoms with van der Waals surface area (Å²) in [5, 5.41) is 0. The van der Waals surface area contributed by atoms with E-state index < -0.39 is 0 Å². The van der Waals surface area contributed by atoms with Crippen LogP contribution in [0.15, 0.2) is 18.2 Å². The highest BCUT2D eigenvalue weighted by atomic mass is 19.1. The number of nitrogens with two attached hydrogens (primary N) is 1. The van der Waals surface area contributed by atoms with Gasteiger partial charge in [-0.2, -0.15) is 0 Å². The Morgan fingerprint density at radius 3 is 2.60 bits per heavy atom. The summed E-state index contributed by atoms with van der Waals surface area (Å²) in [6, 6.07) is 5.16. The second kappa shape index (κ2) is 5.36. The van der Waals surface area contributed by atoms with Crippen molar-refractivity contribution in [1.29, 1.82) is 0 Å². The van der Waals surface area contributed by atoms with Gasteiger partial charge in [0.1, 0.15) is 0 Å². The lowest BCUT2D eigenvalue weighted by atomic mass is 9.63. The molecule has 0 bridgehead atoms. The van der Waals surface area contributed by atoms with Crippen molar-refractivity contribution in [3.63, 3.8) is 0 Å². The Morgan fingerprint density at radius 1 is 1.35 bits per heavy atom. The van der Waals surface area contributed by atoms with E-state index >= 15 is 0 Å². The van der Waals surface area contributed by atoms with Gasteiger partial charge in [-0.05, 0) is 54.7 Å². The number of methoxy groups -OCH3 is 1. The fourth-order valence-electron chi connectivity index (χ4n) is 4.17. The summed E-state index contributed by atoms with van der Waals surface area (Å²) in [6.45, 7) is 6.81. The lowest BCUT2D eigenvalue weighted by molar-refractivity contribution is 0.108. The highest BCUT2D eigenvalue weighted by molar-refractivity contribution is 5.30. The van der Waals surface area contributed by atoms with Gasteiger partial charge in [0.05, 0.1) is 7.11 Å². The average Bonchev–Trinajstić information content (AvgIpc) is 2.24. The van der Waals surface area contributed by atoms with Gasteiger partial charge in [-0.3, -0.25) is 0 Å². The van der Waals surface area contributed by atoms with Crippen molar-refractivity contribution in [2.24, 2.45) is 17.1 Å². The van der Waals surface area contributed by atoms with E-state index in [0.717, 1.165) is 24.8 Å². The van der Waals surface area contributed by atoms with Gasteiger partial charge in [0.25, 0.3) is 0 Å². The molecule has 20 heavy (non-hydrogen) atoms. The molecule has 2 N–H and O–H groups in total. The van der Waals surface area contributed by atoms with Gasteiger partial charge in [-0.25, -0.2) is 4.39 Å². The Morgan fingerprint density at radius 2 is 2.05 bits per heavy atom. The summed E-state index contributed by atoms with van der Waals surface area (Å²) in [5.41, 5.74) is 7.61. The highest BCUT2D eigenvalue weighted by Crippen LogP contribution is 2.44. The molecule has 1 aromatic rings. The molecule has 1 saturated carbocycles. The normalized spacial score (nSPS) is 29.2. The maximum Gasteiger partial charge on any atom is 0.165 e. The van der Waals surface area contributed by atoms with Gasteiger partial charge in [0.2, 0.25) is 0 Å². The van der Waals surface area contributed by atoms with Crippen LogP contribution in [0.25, 0.3) is 0 Å². The third-order valence-corrected chi connectivity index (χ3v) is 4.26. The molecule has 1 aliphatic rings. The quantitative estimate of drug-likeness (QED) is 0.910. The molecule has 1 fully saturated rings. The number of rotatable bonds is 3. The van der Waals surface area contributed by atoms with E-state index in [0.29, 0.717) is 5.92 Å². The number of hydrogen-bond acceptors (Lipinski definition) is 2. The first-order chi connectivity index (χ1) is 9.23. The van der Waals surface area contributed by atoms with Gasteiger partial charge in [-0.1, -0.05) is 26.8 Å². The second-order valence-electron chi connectivity index (χ2n) is 7.36. The van der Waals surface area contributed by atoms with Crippen LogP contribution in [-0.2, 0) is 6.42 Å². The molecular formula is C17H26FNO. The Kier molecular flexibility index (Phi) is 4.10. The maximum absolute atomic E-state index is 13.8. The smallest absolute Gasteiger partial charge is 0.165 e. The predicted octanol–water partition coefficient (Wildman–Crippen LogP) is 3.92. The van der Waals surface area contributed by atoms with E-state index in [2.05, 4.69) is 20.8 Å². The molecule has 0 saturated heterocycles. The monoisotopic (exact) mass is 279 g/mol. The largest absolute Gasteiger partial charge is 0.494 e. The number of hydrogen-bond donors (Lipinski definition) is 1. The molecule has 0 aromatic heterocycles. The van der Waals surface area contributed by atoms with Crippen molar-refractivity contribution in [3.8, 4) is 5.75 Å².